The van der Waals surface area contributed by atoms with Gasteiger partial charge in [-0.3, -0.25) is 0 Å². The molecule has 1 fully saturated rings. The smallest absolute Gasteiger partial charge is 0.338 e. The van der Waals surface area contributed by atoms with Crippen molar-refractivity contribution in [2.24, 2.45) is 0 Å². The highest BCUT2D eigenvalue weighted by Gasteiger charge is 2.30. The number of hydrogen-bond acceptors (Lipinski definition) is 6. The number of urea groups is 1. The Bertz CT molecular complexity index is 1070. The molecule has 9 nitrogen and oxygen atoms in total. The molecule has 0 atom stereocenters. The third kappa shape index (κ3) is 6.67. The highest BCUT2D eigenvalue weighted by molar-refractivity contribution is 7.89. The number of carbonyl (C=O) groups excluding carboxylic acids is 2. The molecule has 1 N–H and O–H groups in total. The Morgan fingerprint density at radius 2 is 1.65 bits per heavy atom. The molecule has 0 bridgehead atoms. The van der Waals surface area contributed by atoms with E-state index in [4.69, 9.17) is 9.47 Å². The molecule has 0 unspecified atom stereocenters. The largest absolute Gasteiger partial charge is 0.494 e. The number of amides is 2. The lowest BCUT2D eigenvalue weighted by molar-refractivity contribution is 0.0526. The minimum atomic E-state index is -3.74. The number of hydrogen-bond donors (Lipinski definition) is 1. The quantitative estimate of drug-likeness (QED) is 0.425. The first-order chi connectivity index (χ1) is 16.3. The Balaban J connectivity index is 1.41. The van der Waals surface area contributed by atoms with Gasteiger partial charge in [0, 0.05) is 32.7 Å². The fourth-order valence-corrected chi connectivity index (χ4v) is 4.78. The first kappa shape index (κ1) is 25.4. The van der Waals surface area contributed by atoms with Gasteiger partial charge in [-0.1, -0.05) is 0 Å². The summed E-state index contributed by atoms with van der Waals surface area (Å²) in [5, 5.41) is 2.80. The van der Waals surface area contributed by atoms with Crippen LogP contribution in [0.3, 0.4) is 0 Å². The minimum absolute atomic E-state index is 0.0830. The predicted octanol–water partition coefficient (Wildman–Crippen LogP) is 2.49. The maximum atomic E-state index is 12.9. The normalized spacial score (nSPS) is 14.5. The van der Waals surface area contributed by atoms with E-state index in [0.29, 0.717) is 25.3 Å². The fourth-order valence-electron chi connectivity index (χ4n) is 3.36. The second-order valence-electron chi connectivity index (χ2n) is 7.52. The molecule has 11 heteroatoms. The van der Waals surface area contributed by atoms with E-state index in [0.717, 1.165) is 0 Å². The standard InChI is InChI=1S/C23H28FN3O6S/c1-2-32-22(28)18-4-10-21(11-5-18)34(30,31)27-15-13-26(14-16-27)23(29)25-12-3-17-33-20-8-6-19(24)7-9-20/h4-11H,2-3,12-17H2,1H3,(H,25,29). The Kier molecular flexibility index (Phi) is 8.83. The average molecular weight is 494 g/mol. The van der Waals surface area contributed by atoms with E-state index in [1.54, 1.807) is 11.8 Å². The van der Waals surface area contributed by atoms with Gasteiger partial charge >= 0.3 is 12.0 Å². The molecule has 2 aromatic rings. The molecule has 3 rings (SSSR count). The number of rotatable bonds is 9. The molecule has 1 aliphatic rings. The third-order valence-electron chi connectivity index (χ3n) is 5.21. The molecular formula is C23H28FN3O6S. The number of nitrogens with zero attached hydrogens (tertiary/aromatic N) is 2. The number of halogens is 1. The van der Waals surface area contributed by atoms with Gasteiger partial charge in [0.25, 0.3) is 0 Å². The van der Waals surface area contributed by atoms with E-state index < -0.39 is 16.0 Å². The zero-order valence-corrected chi connectivity index (χ0v) is 19.7. The van der Waals surface area contributed by atoms with Crippen LogP contribution in [0.2, 0.25) is 0 Å². The number of piperazine rings is 1. The molecule has 0 saturated carbocycles. The summed E-state index contributed by atoms with van der Waals surface area (Å²) in [6, 6.07) is 11.1. The summed E-state index contributed by atoms with van der Waals surface area (Å²) >= 11 is 0. The molecule has 0 spiro atoms. The molecule has 0 radical (unpaired) electrons. The van der Waals surface area contributed by atoms with Crippen molar-refractivity contribution in [1.29, 1.82) is 0 Å². The molecule has 2 aromatic carbocycles. The number of benzene rings is 2. The van der Waals surface area contributed by atoms with Gasteiger partial charge in [-0.05, 0) is 61.9 Å². The lowest BCUT2D eigenvalue weighted by Gasteiger charge is -2.34. The number of sulfonamides is 1. The number of carbonyl (C=O) groups is 2. The van der Waals surface area contributed by atoms with E-state index in [2.05, 4.69) is 5.32 Å². The van der Waals surface area contributed by atoms with Gasteiger partial charge in [0.15, 0.2) is 0 Å². The number of nitrogens with one attached hydrogen (secondary N) is 1. The first-order valence-corrected chi connectivity index (χ1v) is 12.4. The Morgan fingerprint density at radius 1 is 1.00 bits per heavy atom. The Hall–Kier alpha value is -3.18. The van der Waals surface area contributed by atoms with Crippen molar-refractivity contribution in [3.8, 4) is 5.75 Å². The Morgan fingerprint density at radius 3 is 2.26 bits per heavy atom. The molecule has 1 heterocycles. The summed E-state index contributed by atoms with van der Waals surface area (Å²) in [4.78, 5) is 25.8. The van der Waals surface area contributed by atoms with Gasteiger partial charge in [0.1, 0.15) is 11.6 Å². The van der Waals surface area contributed by atoms with Gasteiger partial charge < -0.3 is 19.7 Å². The van der Waals surface area contributed by atoms with Crippen LogP contribution < -0.4 is 10.1 Å². The highest BCUT2D eigenvalue weighted by atomic mass is 32.2. The van der Waals surface area contributed by atoms with Crippen LogP contribution in [0.1, 0.15) is 23.7 Å². The highest BCUT2D eigenvalue weighted by Crippen LogP contribution is 2.19. The van der Waals surface area contributed by atoms with Gasteiger partial charge in [0.2, 0.25) is 10.0 Å². The minimum Gasteiger partial charge on any atom is -0.494 e. The van der Waals surface area contributed by atoms with Crippen LogP contribution in [0.4, 0.5) is 9.18 Å². The second-order valence-corrected chi connectivity index (χ2v) is 9.46. The summed E-state index contributed by atoms with van der Waals surface area (Å²) < 4.78 is 50.4. The number of ether oxygens (including phenoxy) is 2. The predicted molar refractivity (Wildman–Crippen MR) is 123 cm³/mol. The van der Waals surface area contributed by atoms with E-state index in [1.165, 1.54) is 52.8 Å². The van der Waals surface area contributed by atoms with Crippen molar-refractivity contribution >= 4 is 22.0 Å². The molecule has 0 aliphatic carbocycles. The molecule has 1 aliphatic heterocycles. The monoisotopic (exact) mass is 493 g/mol. The molecule has 0 aromatic heterocycles. The van der Waals surface area contributed by atoms with Crippen molar-refractivity contribution < 1.29 is 31.9 Å². The number of esters is 1. The van der Waals surface area contributed by atoms with Crippen LogP contribution in [0, 0.1) is 5.82 Å². The maximum Gasteiger partial charge on any atom is 0.338 e. The van der Waals surface area contributed by atoms with Crippen LogP contribution in [0.5, 0.6) is 5.75 Å². The van der Waals surface area contributed by atoms with E-state index >= 15 is 0 Å². The SMILES string of the molecule is CCOC(=O)c1ccc(S(=O)(=O)N2CCN(C(=O)NCCCOc3ccc(F)cc3)CC2)cc1. The lowest BCUT2D eigenvalue weighted by atomic mass is 10.2. The lowest BCUT2D eigenvalue weighted by Crippen LogP contribution is -2.53. The summed E-state index contributed by atoms with van der Waals surface area (Å²) in [5.41, 5.74) is 0.283. The van der Waals surface area contributed by atoms with Crippen molar-refractivity contribution in [3.63, 3.8) is 0 Å². The summed E-state index contributed by atoms with van der Waals surface area (Å²) in [6.45, 7) is 3.56. The van der Waals surface area contributed by atoms with Crippen molar-refractivity contribution in [2.75, 3.05) is 45.9 Å². The Labute approximate surface area is 198 Å². The topological polar surface area (TPSA) is 105 Å². The van der Waals surface area contributed by atoms with E-state index in [9.17, 15) is 22.4 Å². The van der Waals surface area contributed by atoms with Crippen molar-refractivity contribution in [2.45, 2.75) is 18.2 Å². The zero-order chi connectivity index (χ0) is 24.6. The molecular weight excluding hydrogens is 465 g/mol. The van der Waals surface area contributed by atoms with Gasteiger partial charge in [-0.25, -0.2) is 22.4 Å². The van der Waals surface area contributed by atoms with E-state index in [1.807, 2.05) is 0 Å². The first-order valence-electron chi connectivity index (χ1n) is 11.0. The van der Waals surface area contributed by atoms with Gasteiger partial charge in [-0.2, -0.15) is 4.31 Å². The van der Waals surface area contributed by atoms with Crippen LogP contribution >= 0.6 is 0 Å². The molecule has 34 heavy (non-hydrogen) atoms. The van der Waals surface area contributed by atoms with Crippen LogP contribution in [0.15, 0.2) is 53.4 Å². The summed E-state index contributed by atoms with van der Waals surface area (Å²) in [5.74, 6) is -0.284. The fraction of sp³-hybridized carbons (Fsp3) is 0.391. The summed E-state index contributed by atoms with van der Waals surface area (Å²) in [6.07, 6.45) is 0.569. The van der Waals surface area contributed by atoms with Crippen LogP contribution in [-0.4, -0.2) is 75.6 Å². The van der Waals surface area contributed by atoms with E-state index in [-0.39, 0.29) is 55.1 Å². The zero-order valence-electron chi connectivity index (χ0n) is 18.9. The van der Waals surface area contributed by atoms with Crippen molar-refractivity contribution in [3.05, 3.63) is 59.9 Å². The third-order valence-corrected chi connectivity index (χ3v) is 7.12. The van der Waals surface area contributed by atoms with Crippen LogP contribution in [-0.2, 0) is 14.8 Å². The van der Waals surface area contributed by atoms with Crippen molar-refractivity contribution in [1.82, 2.24) is 14.5 Å². The van der Waals surface area contributed by atoms with Gasteiger partial charge in [0.05, 0.1) is 23.7 Å². The molecule has 2 amide bonds. The maximum absolute atomic E-state index is 12.9. The van der Waals surface area contributed by atoms with Crippen LogP contribution in [0.25, 0.3) is 0 Å². The second kappa shape index (κ2) is 11.8. The average Bonchev–Trinajstić information content (AvgIpc) is 2.85. The molecule has 184 valence electrons. The van der Waals surface area contributed by atoms with Gasteiger partial charge in [-0.15, -0.1) is 0 Å². The molecule has 1 saturated heterocycles. The summed E-state index contributed by atoms with van der Waals surface area (Å²) in [7, 11) is -3.74.